The summed E-state index contributed by atoms with van der Waals surface area (Å²) < 4.78 is 10.6. The Bertz CT molecular complexity index is 1040. The normalized spacial score (nSPS) is 17.3. The zero-order valence-corrected chi connectivity index (χ0v) is 21.6. The number of nitrogens with one attached hydrogen (secondary N) is 1. The number of nitro groups is 1. The van der Waals surface area contributed by atoms with Crippen molar-refractivity contribution in [3.05, 3.63) is 51.2 Å². The second-order valence-electron chi connectivity index (χ2n) is 7.65. The van der Waals surface area contributed by atoms with Gasteiger partial charge in [0.05, 0.1) is 36.0 Å². The van der Waals surface area contributed by atoms with Crippen molar-refractivity contribution in [2.45, 2.75) is 40.0 Å². The Kier molecular flexibility index (Phi) is 11.5. The van der Waals surface area contributed by atoms with E-state index in [1.807, 2.05) is 0 Å². The highest BCUT2D eigenvalue weighted by molar-refractivity contribution is 7.99. The molecule has 196 valence electrons. The van der Waals surface area contributed by atoms with Crippen molar-refractivity contribution >= 4 is 41.0 Å². The minimum absolute atomic E-state index is 0.0920. The number of nitro benzene ring substituents is 1. The van der Waals surface area contributed by atoms with Gasteiger partial charge in [-0.25, -0.2) is 10.3 Å². The zero-order chi connectivity index (χ0) is 26.7. The molecule has 0 saturated carbocycles. The lowest BCUT2D eigenvalue weighted by molar-refractivity contribution is -0.384. The molecule has 0 aromatic heterocycles. The van der Waals surface area contributed by atoms with Crippen molar-refractivity contribution in [1.29, 1.82) is 0 Å². The molecule has 0 aliphatic carbocycles. The molecule has 1 aromatic rings. The molecule has 1 aliphatic heterocycles. The van der Waals surface area contributed by atoms with Crippen LogP contribution in [0.1, 0.15) is 45.6 Å². The van der Waals surface area contributed by atoms with Gasteiger partial charge in [-0.05, 0) is 33.3 Å². The Balaban J connectivity index is 2.50. The molecule has 2 atom stereocenters. The van der Waals surface area contributed by atoms with Crippen molar-refractivity contribution in [2.24, 2.45) is 10.9 Å². The van der Waals surface area contributed by atoms with E-state index < -0.39 is 28.7 Å². The minimum Gasteiger partial charge on any atom is -0.465 e. The number of hydrogen-bond acceptors (Lipinski definition) is 10. The topological polar surface area (TPSA) is 146 Å². The first kappa shape index (κ1) is 29.0. The number of carbonyl (C=O) groups is 3. The van der Waals surface area contributed by atoms with Crippen LogP contribution in [0.2, 0.25) is 0 Å². The predicted molar refractivity (Wildman–Crippen MR) is 134 cm³/mol. The number of nitrogens with zero attached hydrogens (tertiary/aromatic N) is 2. The van der Waals surface area contributed by atoms with Crippen molar-refractivity contribution in [3.63, 3.8) is 0 Å². The number of carbonyl (C=O) groups excluding carboxylic acids is 3. The van der Waals surface area contributed by atoms with E-state index in [2.05, 4.69) is 10.5 Å². The lowest BCUT2D eigenvalue weighted by Gasteiger charge is -2.32. The van der Waals surface area contributed by atoms with Crippen LogP contribution in [0.5, 0.6) is 0 Å². The number of thioether (sulfide) groups is 1. The summed E-state index contributed by atoms with van der Waals surface area (Å²) >= 11 is 1.37. The second-order valence-corrected chi connectivity index (χ2v) is 8.76. The van der Waals surface area contributed by atoms with E-state index in [-0.39, 0.29) is 42.6 Å². The molecule has 1 heterocycles. The number of rotatable bonds is 13. The van der Waals surface area contributed by atoms with Crippen molar-refractivity contribution in [1.82, 2.24) is 5.48 Å². The van der Waals surface area contributed by atoms with Gasteiger partial charge >= 0.3 is 11.9 Å². The summed E-state index contributed by atoms with van der Waals surface area (Å²) in [6, 6.07) is 5.82. The van der Waals surface area contributed by atoms with Crippen LogP contribution in [0, 0.1) is 16.0 Å². The van der Waals surface area contributed by atoms with Gasteiger partial charge < -0.3 is 9.47 Å². The summed E-state index contributed by atoms with van der Waals surface area (Å²) in [4.78, 5) is 58.3. The Morgan fingerprint density at radius 2 is 1.86 bits per heavy atom. The highest BCUT2D eigenvalue weighted by Gasteiger charge is 2.43. The van der Waals surface area contributed by atoms with E-state index in [4.69, 9.17) is 14.3 Å². The van der Waals surface area contributed by atoms with Crippen LogP contribution in [-0.4, -0.2) is 59.8 Å². The standard InChI is InChI=1S/C24H31N3O8S/c1-5-33-23(29)20-15(4)25-18(14-36-12-11-19(28)26-35-7-3)22(24(30)34-6-2)21(20)16-9-8-10-17(13-16)27(31)32/h8-10,13,20-21H,5-7,11-12,14H2,1-4H3,(H,26,28). The van der Waals surface area contributed by atoms with Gasteiger partial charge in [0.1, 0.15) is 5.92 Å². The highest BCUT2D eigenvalue weighted by atomic mass is 32.2. The first-order valence-electron chi connectivity index (χ1n) is 11.6. The molecule has 36 heavy (non-hydrogen) atoms. The van der Waals surface area contributed by atoms with Crippen LogP contribution in [0.15, 0.2) is 40.5 Å². The summed E-state index contributed by atoms with van der Waals surface area (Å²) in [6.07, 6.45) is 0.190. The van der Waals surface area contributed by atoms with Crippen LogP contribution < -0.4 is 5.48 Å². The largest absolute Gasteiger partial charge is 0.465 e. The molecular weight excluding hydrogens is 490 g/mol. The van der Waals surface area contributed by atoms with Crippen LogP contribution in [-0.2, 0) is 28.7 Å². The molecular formula is C24H31N3O8S. The monoisotopic (exact) mass is 521 g/mol. The SMILES string of the molecule is CCONC(=O)CCSCC1=C(C(=O)OCC)C(c2cccc([N+](=O)[O-])c2)C(C(=O)OCC)C(C)=N1. The van der Waals surface area contributed by atoms with Crippen LogP contribution >= 0.6 is 11.8 Å². The molecule has 0 fully saturated rings. The smallest absolute Gasteiger partial charge is 0.336 e. The first-order chi connectivity index (χ1) is 17.2. The van der Waals surface area contributed by atoms with Crippen molar-refractivity contribution in [2.75, 3.05) is 31.3 Å². The highest BCUT2D eigenvalue weighted by Crippen LogP contribution is 2.41. The third-order valence-electron chi connectivity index (χ3n) is 5.24. The molecule has 11 nitrogen and oxygen atoms in total. The van der Waals surface area contributed by atoms with E-state index in [1.165, 1.54) is 30.0 Å². The maximum Gasteiger partial charge on any atom is 0.336 e. The zero-order valence-electron chi connectivity index (χ0n) is 20.8. The fourth-order valence-electron chi connectivity index (χ4n) is 3.76. The molecule has 0 bridgehead atoms. The third-order valence-corrected chi connectivity index (χ3v) is 6.21. The lowest BCUT2D eigenvalue weighted by Crippen LogP contribution is -2.37. The first-order valence-corrected chi connectivity index (χ1v) is 12.7. The number of amides is 1. The van der Waals surface area contributed by atoms with Crippen molar-refractivity contribution in [3.8, 4) is 0 Å². The molecule has 0 spiro atoms. The van der Waals surface area contributed by atoms with Gasteiger partial charge in [-0.2, -0.15) is 11.8 Å². The summed E-state index contributed by atoms with van der Waals surface area (Å²) in [5, 5.41) is 11.4. The molecule has 2 rings (SSSR count). The Hall–Kier alpha value is -3.25. The van der Waals surface area contributed by atoms with Crippen LogP contribution in [0.4, 0.5) is 5.69 Å². The summed E-state index contributed by atoms with van der Waals surface area (Å²) in [5.74, 6) is -2.69. The van der Waals surface area contributed by atoms with Gasteiger partial charge in [0.2, 0.25) is 5.91 Å². The number of hydroxylamine groups is 1. The van der Waals surface area contributed by atoms with Crippen LogP contribution in [0.3, 0.4) is 0 Å². The molecule has 0 saturated heterocycles. The molecule has 12 heteroatoms. The quantitative estimate of drug-likeness (QED) is 0.179. The van der Waals surface area contributed by atoms with Gasteiger partial charge in [-0.3, -0.25) is 29.5 Å². The van der Waals surface area contributed by atoms with E-state index >= 15 is 0 Å². The Morgan fingerprint density at radius 3 is 2.50 bits per heavy atom. The summed E-state index contributed by atoms with van der Waals surface area (Å²) in [5.41, 5.74) is 3.50. The van der Waals surface area contributed by atoms with Gasteiger partial charge in [-0.15, -0.1) is 0 Å². The number of aliphatic imine (C=N–C) groups is 1. The van der Waals surface area contributed by atoms with E-state index in [9.17, 15) is 24.5 Å². The molecule has 1 aromatic carbocycles. The number of ether oxygens (including phenoxy) is 2. The molecule has 2 unspecified atom stereocenters. The summed E-state index contributed by atoms with van der Waals surface area (Å²) in [6.45, 7) is 7.30. The molecule has 1 aliphatic rings. The lowest BCUT2D eigenvalue weighted by atomic mass is 9.75. The fourth-order valence-corrected chi connectivity index (χ4v) is 4.65. The second kappa shape index (κ2) is 14.3. The van der Waals surface area contributed by atoms with Crippen LogP contribution in [0.25, 0.3) is 0 Å². The van der Waals surface area contributed by atoms with Gasteiger partial charge in [0.25, 0.3) is 5.69 Å². The maximum absolute atomic E-state index is 13.2. The Labute approximate surface area is 213 Å². The Morgan fingerprint density at radius 1 is 1.14 bits per heavy atom. The molecule has 1 amide bonds. The average Bonchev–Trinajstić information content (AvgIpc) is 2.85. The number of non-ortho nitro benzene ring substituents is 1. The summed E-state index contributed by atoms with van der Waals surface area (Å²) in [7, 11) is 0. The van der Waals surface area contributed by atoms with Crippen molar-refractivity contribution < 1.29 is 33.6 Å². The third kappa shape index (κ3) is 7.62. The predicted octanol–water partition coefficient (Wildman–Crippen LogP) is 3.34. The number of benzene rings is 1. The van der Waals surface area contributed by atoms with E-state index in [1.54, 1.807) is 33.8 Å². The minimum atomic E-state index is -0.961. The maximum atomic E-state index is 13.2. The van der Waals surface area contributed by atoms with Gasteiger partial charge in [-0.1, -0.05) is 12.1 Å². The molecule has 0 radical (unpaired) electrons. The van der Waals surface area contributed by atoms with Gasteiger partial charge in [0, 0.05) is 41.7 Å². The van der Waals surface area contributed by atoms with E-state index in [0.717, 1.165) is 0 Å². The fraction of sp³-hybridized carbons (Fsp3) is 0.500. The average molecular weight is 522 g/mol. The number of hydrogen-bond donors (Lipinski definition) is 1. The molecule has 1 N–H and O–H groups in total. The van der Waals surface area contributed by atoms with Gasteiger partial charge in [0.15, 0.2) is 0 Å². The van der Waals surface area contributed by atoms with E-state index in [0.29, 0.717) is 29.3 Å². The number of esters is 2.